The van der Waals surface area contributed by atoms with Crippen LogP contribution in [0.4, 0.5) is 0 Å². The van der Waals surface area contributed by atoms with E-state index in [1.54, 1.807) is 6.07 Å². The fraction of sp³-hybridized carbons (Fsp3) is 0.500. The third-order valence-electron chi connectivity index (χ3n) is 3.09. The Labute approximate surface area is 118 Å². The van der Waals surface area contributed by atoms with E-state index in [4.69, 9.17) is 22.1 Å². The Hall–Kier alpha value is -1.26. The summed E-state index contributed by atoms with van der Waals surface area (Å²) in [6.07, 6.45) is 3.11. The lowest BCUT2D eigenvalue weighted by molar-refractivity contribution is -0.123. The fourth-order valence-corrected chi connectivity index (χ4v) is 2.09. The number of amides is 1. The van der Waals surface area contributed by atoms with Crippen LogP contribution in [-0.4, -0.2) is 25.6 Å². The number of hydrogen-bond acceptors (Lipinski definition) is 3. The second-order valence-corrected chi connectivity index (χ2v) is 5.21. The predicted octanol–water partition coefficient (Wildman–Crippen LogP) is 1.75. The smallest absolute Gasteiger partial charge is 0.257 e. The van der Waals surface area contributed by atoms with Gasteiger partial charge in [0.25, 0.3) is 5.91 Å². The zero-order valence-electron chi connectivity index (χ0n) is 10.8. The molecule has 0 aromatic heterocycles. The first-order valence-corrected chi connectivity index (χ1v) is 6.95. The first kappa shape index (κ1) is 14.2. The molecule has 1 aromatic carbocycles. The summed E-state index contributed by atoms with van der Waals surface area (Å²) in [5.74, 6) is 1.12. The Morgan fingerprint density at radius 2 is 2.26 bits per heavy atom. The molecular weight excluding hydrogens is 264 g/mol. The maximum absolute atomic E-state index is 11.6. The topological polar surface area (TPSA) is 64.3 Å². The average Bonchev–Trinajstić information content (AvgIpc) is 3.20. The zero-order valence-corrected chi connectivity index (χ0v) is 11.6. The molecule has 1 aliphatic rings. The van der Waals surface area contributed by atoms with Gasteiger partial charge in [-0.2, -0.15) is 0 Å². The number of halogens is 1. The fourth-order valence-electron chi connectivity index (χ4n) is 1.84. The highest BCUT2D eigenvalue weighted by atomic mass is 35.5. The van der Waals surface area contributed by atoms with Gasteiger partial charge in [-0.1, -0.05) is 23.7 Å². The summed E-state index contributed by atoms with van der Waals surface area (Å²) >= 11 is 6.09. The van der Waals surface area contributed by atoms with Crippen LogP contribution in [0.2, 0.25) is 5.02 Å². The molecular formula is C14H19ClN2O2. The highest BCUT2D eigenvalue weighted by Gasteiger charge is 2.21. The van der Waals surface area contributed by atoms with Gasteiger partial charge in [-0.15, -0.1) is 0 Å². The van der Waals surface area contributed by atoms with Crippen molar-refractivity contribution < 1.29 is 9.53 Å². The standard InChI is InChI=1S/C14H19ClN2O2/c15-12-3-1-2-11(6-7-16)14(12)19-9-13(18)17-8-10-4-5-10/h1-3,10H,4-9,16H2,(H,17,18). The molecule has 104 valence electrons. The second-order valence-electron chi connectivity index (χ2n) is 4.80. The summed E-state index contributed by atoms with van der Waals surface area (Å²) < 4.78 is 5.54. The molecule has 1 saturated carbocycles. The molecule has 1 fully saturated rings. The lowest BCUT2D eigenvalue weighted by Crippen LogP contribution is -2.30. The molecule has 0 spiro atoms. The van der Waals surface area contributed by atoms with E-state index < -0.39 is 0 Å². The molecule has 3 N–H and O–H groups in total. The largest absolute Gasteiger partial charge is 0.482 e. The lowest BCUT2D eigenvalue weighted by Gasteiger charge is -2.12. The molecule has 0 bridgehead atoms. The number of benzene rings is 1. The van der Waals surface area contributed by atoms with Crippen LogP contribution in [0, 0.1) is 5.92 Å². The number of nitrogens with two attached hydrogens (primary N) is 1. The van der Waals surface area contributed by atoms with Crippen LogP contribution in [0.1, 0.15) is 18.4 Å². The molecule has 5 heteroatoms. The van der Waals surface area contributed by atoms with E-state index in [9.17, 15) is 4.79 Å². The third kappa shape index (κ3) is 4.40. The van der Waals surface area contributed by atoms with Crippen LogP contribution in [0.25, 0.3) is 0 Å². The van der Waals surface area contributed by atoms with Gasteiger partial charge in [0.2, 0.25) is 0 Å². The van der Waals surface area contributed by atoms with Gasteiger partial charge in [0.1, 0.15) is 5.75 Å². The van der Waals surface area contributed by atoms with Crippen LogP contribution < -0.4 is 15.8 Å². The van der Waals surface area contributed by atoms with Crippen molar-refractivity contribution in [3.05, 3.63) is 28.8 Å². The van der Waals surface area contributed by atoms with E-state index in [-0.39, 0.29) is 12.5 Å². The summed E-state index contributed by atoms with van der Waals surface area (Å²) in [6.45, 7) is 1.26. The summed E-state index contributed by atoms with van der Waals surface area (Å²) in [5, 5.41) is 3.37. The molecule has 1 aliphatic carbocycles. The lowest BCUT2D eigenvalue weighted by atomic mass is 10.1. The van der Waals surface area contributed by atoms with Gasteiger partial charge in [-0.25, -0.2) is 0 Å². The monoisotopic (exact) mass is 282 g/mol. The van der Waals surface area contributed by atoms with Crippen molar-refractivity contribution >= 4 is 17.5 Å². The Morgan fingerprint density at radius 3 is 2.95 bits per heavy atom. The molecule has 0 unspecified atom stereocenters. The number of hydrogen-bond donors (Lipinski definition) is 2. The summed E-state index contributed by atoms with van der Waals surface area (Å²) in [4.78, 5) is 11.6. The Kier molecular flexibility index (Phi) is 5.05. The molecule has 2 rings (SSSR count). The van der Waals surface area contributed by atoms with Crippen LogP contribution >= 0.6 is 11.6 Å². The molecule has 0 saturated heterocycles. The Morgan fingerprint density at radius 1 is 1.47 bits per heavy atom. The maximum Gasteiger partial charge on any atom is 0.257 e. The highest BCUT2D eigenvalue weighted by Crippen LogP contribution is 2.29. The van der Waals surface area contributed by atoms with Crippen LogP contribution in [0.5, 0.6) is 5.75 Å². The van der Waals surface area contributed by atoms with E-state index in [1.165, 1.54) is 12.8 Å². The minimum atomic E-state index is -0.106. The second kappa shape index (κ2) is 6.78. The van der Waals surface area contributed by atoms with E-state index in [0.717, 1.165) is 12.1 Å². The van der Waals surface area contributed by atoms with Gasteiger partial charge in [0.15, 0.2) is 6.61 Å². The van der Waals surface area contributed by atoms with Gasteiger partial charge >= 0.3 is 0 Å². The van der Waals surface area contributed by atoms with E-state index in [0.29, 0.717) is 29.7 Å². The van der Waals surface area contributed by atoms with Gasteiger partial charge in [0, 0.05) is 6.54 Å². The number of carbonyl (C=O) groups excluding carboxylic acids is 1. The number of nitrogens with one attached hydrogen (secondary N) is 1. The number of ether oxygens (including phenoxy) is 1. The van der Waals surface area contributed by atoms with Crippen molar-refractivity contribution in [2.45, 2.75) is 19.3 Å². The molecule has 1 aromatic rings. The van der Waals surface area contributed by atoms with Gasteiger partial charge in [-0.3, -0.25) is 4.79 Å². The number of rotatable bonds is 7. The summed E-state index contributed by atoms with van der Waals surface area (Å²) in [6, 6.07) is 5.52. The summed E-state index contributed by atoms with van der Waals surface area (Å²) in [5.41, 5.74) is 6.48. The van der Waals surface area contributed by atoms with Crippen LogP contribution in [-0.2, 0) is 11.2 Å². The van der Waals surface area contributed by atoms with Crippen molar-refractivity contribution in [2.75, 3.05) is 19.7 Å². The van der Waals surface area contributed by atoms with Gasteiger partial charge < -0.3 is 15.8 Å². The Balaban J connectivity index is 1.88. The Bertz CT molecular complexity index is 447. The predicted molar refractivity (Wildman–Crippen MR) is 75.4 cm³/mol. The average molecular weight is 283 g/mol. The molecule has 0 aliphatic heterocycles. The van der Waals surface area contributed by atoms with Gasteiger partial charge in [-0.05, 0) is 43.4 Å². The van der Waals surface area contributed by atoms with Crippen molar-refractivity contribution in [3.8, 4) is 5.75 Å². The first-order chi connectivity index (χ1) is 9.20. The zero-order chi connectivity index (χ0) is 13.7. The molecule has 0 radical (unpaired) electrons. The third-order valence-corrected chi connectivity index (χ3v) is 3.39. The van der Waals surface area contributed by atoms with E-state index in [1.807, 2.05) is 12.1 Å². The normalized spacial score (nSPS) is 14.2. The molecule has 0 heterocycles. The minimum absolute atomic E-state index is 0.00593. The maximum atomic E-state index is 11.6. The van der Waals surface area contributed by atoms with Crippen molar-refractivity contribution in [1.29, 1.82) is 0 Å². The summed E-state index contributed by atoms with van der Waals surface area (Å²) in [7, 11) is 0. The van der Waals surface area contributed by atoms with Crippen LogP contribution in [0.3, 0.4) is 0 Å². The molecule has 4 nitrogen and oxygen atoms in total. The van der Waals surface area contributed by atoms with Crippen molar-refractivity contribution in [1.82, 2.24) is 5.32 Å². The molecule has 19 heavy (non-hydrogen) atoms. The first-order valence-electron chi connectivity index (χ1n) is 6.57. The van der Waals surface area contributed by atoms with Crippen molar-refractivity contribution in [3.63, 3.8) is 0 Å². The van der Waals surface area contributed by atoms with Gasteiger partial charge in [0.05, 0.1) is 5.02 Å². The minimum Gasteiger partial charge on any atom is -0.482 e. The van der Waals surface area contributed by atoms with Crippen LogP contribution in [0.15, 0.2) is 18.2 Å². The van der Waals surface area contributed by atoms with Crippen molar-refractivity contribution in [2.24, 2.45) is 11.7 Å². The van der Waals surface area contributed by atoms with E-state index in [2.05, 4.69) is 5.32 Å². The van der Waals surface area contributed by atoms with E-state index >= 15 is 0 Å². The SMILES string of the molecule is NCCc1cccc(Cl)c1OCC(=O)NCC1CC1. The molecule has 0 atom stereocenters. The highest BCUT2D eigenvalue weighted by molar-refractivity contribution is 6.32. The molecule has 1 amide bonds. The number of para-hydroxylation sites is 1. The number of carbonyl (C=O) groups is 1. The quantitative estimate of drug-likeness (QED) is 0.801.